The molecule has 0 atom stereocenters. The van der Waals surface area contributed by atoms with Gasteiger partial charge in [-0.3, -0.25) is 19.7 Å². The standard InChI is InChI=1S/C27H23ClN4O8/c1-38-22-6-4-3-5-20(22)29-24(33)14-31-26(34)21(30-27(31)35)12-17-11-19(28)25(23(13-17)39-2)40-15-16-7-9-18(10-8-16)32(36)37/h3-13H,14-15H2,1-2H3,(H,29,33)(H,30,35)/b21-12+. The molecule has 0 saturated carbocycles. The monoisotopic (exact) mass is 566 g/mol. The Bertz CT molecular complexity index is 1510. The van der Waals surface area contributed by atoms with E-state index >= 15 is 0 Å². The molecule has 2 N–H and O–H groups in total. The summed E-state index contributed by atoms with van der Waals surface area (Å²) in [4.78, 5) is 49.0. The number of rotatable bonds is 10. The van der Waals surface area contributed by atoms with Gasteiger partial charge in [-0.15, -0.1) is 0 Å². The number of methoxy groups -OCH3 is 2. The molecule has 12 nitrogen and oxygen atoms in total. The summed E-state index contributed by atoms with van der Waals surface area (Å²) >= 11 is 6.43. The zero-order valence-corrected chi connectivity index (χ0v) is 22.1. The van der Waals surface area contributed by atoms with Crippen LogP contribution in [0.1, 0.15) is 11.1 Å². The molecule has 3 aromatic carbocycles. The van der Waals surface area contributed by atoms with Crippen LogP contribution in [0.3, 0.4) is 0 Å². The summed E-state index contributed by atoms with van der Waals surface area (Å²) in [7, 11) is 2.87. The van der Waals surface area contributed by atoms with Gasteiger partial charge in [0.2, 0.25) is 5.91 Å². The Labute approximate surface area is 233 Å². The molecular formula is C27H23ClN4O8. The maximum absolute atomic E-state index is 12.9. The first-order chi connectivity index (χ1) is 19.2. The topological polar surface area (TPSA) is 149 Å². The molecule has 0 bridgehead atoms. The van der Waals surface area contributed by atoms with Gasteiger partial charge in [0.05, 0.1) is 29.9 Å². The van der Waals surface area contributed by atoms with Gasteiger partial charge in [0.25, 0.3) is 11.6 Å². The second-order valence-electron chi connectivity index (χ2n) is 8.37. The summed E-state index contributed by atoms with van der Waals surface area (Å²) < 4.78 is 16.4. The highest BCUT2D eigenvalue weighted by Gasteiger charge is 2.35. The Morgan fingerprint density at radius 3 is 2.45 bits per heavy atom. The van der Waals surface area contributed by atoms with Gasteiger partial charge in [0.1, 0.15) is 24.6 Å². The summed E-state index contributed by atoms with van der Waals surface area (Å²) in [5.74, 6) is -0.381. The average Bonchev–Trinajstić information content (AvgIpc) is 3.19. The average molecular weight is 567 g/mol. The highest BCUT2D eigenvalue weighted by atomic mass is 35.5. The second kappa shape index (κ2) is 12.2. The highest BCUT2D eigenvalue weighted by Crippen LogP contribution is 2.38. The smallest absolute Gasteiger partial charge is 0.329 e. The van der Waals surface area contributed by atoms with Crippen LogP contribution in [0.5, 0.6) is 17.2 Å². The third kappa shape index (κ3) is 6.30. The Kier molecular flexibility index (Phi) is 8.50. The van der Waals surface area contributed by atoms with Gasteiger partial charge in [-0.1, -0.05) is 23.7 Å². The van der Waals surface area contributed by atoms with Gasteiger partial charge in [-0.05, 0) is 53.6 Å². The van der Waals surface area contributed by atoms with Crippen molar-refractivity contribution in [2.24, 2.45) is 0 Å². The number of imide groups is 1. The normalized spacial score (nSPS) is 13.7. The fraction of sp³-hybridized carbons (Fsp3) is 0.148. The van der Waals surface area contributed by atoms with Crippen LogP contribution in [-0.2, 0) is 16.2 Å². The molecule has 1 saturated heterocycles. The molecule has 40 heavy (non-hydrogen) atoms. The van der Waals surface area contributed by atoms with E-state index in [1.54, 1.807) is 42.5 Å². The first-order valence-corrected chi connectivity index (χ1v) is 12.1. The van der Waals surface area contributed by atoms with Crippen LogP contribution < -0.4 is 24.8 Å². The Balaban J connectivity index is 1.46. The third-order valence-electron chi connectivity index (χ3n) is 5.74. The lowest BCUT2D eigenvalue weighted by molar-refractivity contribution is -0.384. The number of nitrogens with zero attached hydrogens (tertiary/aromatic N) is 2. The van der Waals surface area contributed by atoms with Crippen molar-refractivity contribution in [3.05, 3.63) is 92.6 Å². The molecule has 1 aliphatic rings. The van der Waals surface area contributed by atoms with Crippen molar-refractivity contribution in [2.75, 3.05) is 26.1 Å². The predicted molar refractivity (Wildman–Crippen MR) is 145 cm³/mol. The summed E-state index contributed by atoms with van der Waals surface area (Å²) in [5.41, 5.74) is 1.39. The lowest BCUT2D eigenvalue weighted by atomic mass is 10.1. The van der Waals surface area contributed by atoms with Crippen molar-refractivity contribution < 1.29 is 33.5 Å². The number of benzene rings is 3. The molecule has 0 unspecified atom stereocenters. The number of urea groups is 1. The van der Waals surface area contributed by atoms with Crippen molar-refractivity contribution in [1.29, 1.82) is 0 Å². The number of nitro groups is 1. The molecule has 1 heterocycles. The molecule has 0 spiro atoms. The molecule has 0 radical (unpaired) electrons. The SMILES string of the molecule is COc1ccccc1NC(=O)CN1C(=O)N/C(=C/c2cc(Cl)c(OCc3ccc([N+](=O)[O-])cc3)c(OC)c2)C1=O. The first-order valence-electron chi connectivity index (χ1n) is 11.7. The van der Waals surface area contributed by atoms with Crippen LogP contribution in [-0.4, -0.2) is 48.4 Å². The van der Waals surface area contributed by atoms with Crippen molar-refractivity contribution in [3.63, 3.8) is 0 Å². The first kappa shape index (κ1) is 27.9. The zero-order chi connectivity index (χ0) is 28.8. The van der Waals surface area contributed by atoms with Gasteiger partial charge >= 0.3 is 6.03 Å². The van der Waals surface area contributed by atoms with E-state index in [1.807, 2.05) is 0 Å². The number of nitro benzene ring substituents is 1. The van der Waals surface area contributed by atoms with Crippen molar-refractivity contribution in [2.45, 2.75) is 6.61 Å². The van der Waals surface area contributed by atoms with Crippen molar-refractivity contribution in [1.82, 2.24) is 10.2 Å². The Hall–Kier alpha value is -5.10. The molecule has 1 fully saturated rings. The number of halogens is 1. The molecule has 4 amide bonds. The Morgan fingerprint density at radius 1 is 1.07 bits per heavy atom. The molecule has 4 rings (SSSR count). The number of carbonyl (C=O) groups is 3. The van der Waals surface area contributed by atoms with Crippen LogP contribution in [0.15, 0.2) is 66.4 Å². The summed E-state index contributed by atoms with van der Waals surface area (Å²) in [6, 6.07) is 14.9. The van der Waals surface area contributed by atoms with Gasteiger partial charge < -0.3 is 24.8 Å². The Morgan fingerprint density at radius 2 is 1.77 bits per heavy atom. The van der Waals surface area contributed by atoms with E-state index in [2.05, 4.69) is 10.6 Å². The maximum atomic E-state index is 12.9. The molecule has 3 aromatic rings. The molecular weight excluding hydrogens is 544 g/mol. The number of carbonyl (C=O) groups excluding carboxylic acids is 3. The van der Waals surface area contributed by atoms with Gasteiger partial charge in [-0.2, -0.15) is 0 Å². The lowest BCUT2D eigenvalue weighted by Crippen LogP contribution is -2.38. The third-order valence-corrected chi connectivity index (χ3v) is 6.02. The van der Waals surface area contributed by atoms with Crippen LogP contribution in [0.25, 0.3) is 6.08 Å². The van der Waals surface area contributed by atoms with E-state index < -0.39 is 29.3 Å². The number of non-ortho nitro benzene ring substituents is 1. The summed E-state index contributed by atoms with van der Waals surface area (Å²) in [5, 5.41) is 16.1. The minimum atomic E-state index is -0.757. The number of ether oxygens (including phenoxy) is 3. The van der Waals surface area contributed by atoms with Crippen molar-refractivity contribution >= 4 is 46.9 Å². The number of anilines is 1. The fourth-order valence-corrected chi connectivity index (χ4v) is 4.07. The quantitative estimate of drug-likeness (QED) is 0.159. The number of amides is 4. The number of hydrogen-bond donors (Lipinski definition) is 2. The van der Waals surface area contributed by atoms with E-state index in [4.69, 9.17) is 25.8 Å². The van der Waals surface area contributed by atoms with E-state index in [0.717, 1.165) is 4.90 Å². The van der Waals surface area contributed by atoms with Gasteiger partial charge in [0.15, 0.2) is 11.5 Å². The number of nitrogens with one attached hydrogen (secondary N) is 2. The molecule has 0 aromatic heterocycles. The van der Waals surface area contributed by atoms with Crippen LogP contribution in [0.4, 0.5) is 16.2 Å². The van der Waals surface area contributed by atoms with Crippen LogP contribution >= 0.6 is 11.6 Å². The van der Waals surface area contributed by atoms with Gasteiger partial charge in [0, 0.05) is 12.1 Å². The molecule has 206 valence electrons. The van der Waals surface area contributed by atoms with E-state index in [1.165, 1.54) is 38.5 Å². The van der Waals surface area contributed by atoms with E-state index in [0.29, 0.717) is 22.6 Å². The highest BCUT2D eigenvalue weighted by molar-refractivity contribution is 6.32. The minimum absolute atomic E-state index is 0.0408. The van der Waals surface area contributed by atoms with Crippen LogP contribution in [0.2, 0.25) is 5.02 Å². The lowest BCUT2D eigenvalue weighted by Gasteiger charge is -2.14. The number of hydrogen-bond acceptors (Lipinski definition) is 8. The van der Waals surface area contributed by atoms with Crippen molar-refractivity contribution in [3.8, 4) is 17.2 Å². The zero-order valence-electron chi connectivity index (χ0n) is 21.3. The van der Waals surface area contributed by atoms with E-state index in [9.17, 15) is 24.5 Å². The largest absolute Gasteiger partial charge is 0.495 e. The predicted octanol–water partition coefficient (Wildman–Crippen LogP) is 4.38. The summed E-state index contributed by atoms with van der Waals surface area (Å²) in [6.45, 7) is -0.450. The number of para-hydroxylation sites is 2. The molecule has 13 heteroatoms. The maximum Gasteiger partial charge on any atom is 0.329 e. The minimum Gasteiger partial charge on any atom is -0.495 e. The molecule has 1 aliphatic heterocycles. The van der Waals surface area contributed by atoms with Gasteiger partial charge in [-0.25, -0.2) is 9.69 Å². The molecule has 0 aliphatic carbocycles. The van der Waals surface area contributed by atoms with Crippen LogP contribution in [0, 0.1) is 10.1 Å². The summed E-state index contributed by atoms with van der Waals surface area (Å²) in [6.07, 6.45) is 1.40. The van der Waals surface area contributed by atoms with E-state index in [-0.39, 0.29) is 34.5 Å². The fourth-order valence-electron chi connectivity index (χ4n) is 3.80. The second-order valence-corrected chi connectivity index (χ2v) is 8.78.